The van der Waals surface area contributed by atoms with Crippen molar-refractivity contribution in [2.45, 2.75) is 121 Å². The maximum absolute atomic E-state index is 13.5. The summed E-state index contributed by atoms with van der Waals surface area (Å²) >= 11 is 5.55. The Labute approximate surface area is 618 Å². The molecule has 11 rings (SSSR count). The topological polar surface area (TPSA) is 407 Å². The maximum atomic E-state index is 13.5. The molecule has 35 heteroatoms. The number of anilines is 1. The van der Waals surface area contributed by atoms with Crippen LogP contribution in [0.3, 0.4) is 0 Å². The molecule has 106 heavy (non-hydrogen) atoms. The highest BCUT2D eigenvalue weighted by atomic mass is 35.5. The van der Waals surface area contributed by atoms with Gasteiger partial charge in [0.05, 0.1) is 79.1 Å². The molecule has 0 saturated heterocycles. The lowest BCUT2D eigenvalue weighted by molar-refractivity contribution is -0.143. The largest absolute Gasteiger partial charge is 0.496 e. The summed E-state index contributed by atoms with van der Waals surface area (Å²) in [5.74, 6) is -1.08. The highest BCUT2D eigenvalue weighted by molar-refractivity contribution is 7.91. The summed E-state index contributed by atoms with van der Waals surface area (Å²) in [6.45, 7) is 17.2. The van der Waals surface area contributed by atoms with Crippen molar-refractivity contribution >= 4 is 82.7 Å². The predicted octanol–water partition coefficient (Wildman–Crippen LogP) is 7.95. The van der Waals surface area contributed by atoms with Gasteiger partial charge in [-0.15, -0.1) is 11.6 Å². The fraction of sp³-hybridized carbons (Fsp3) is 0.366. The number of carbonyl (C=O) groups excluding carboxylic acids is 5. The normalized spacial score (nSPS) is 13.3. The molecule has 31 nitrogen and oxygen atoms in total. The Bertz CT molecular complexity index is 5040. The zero-order valence-electron chi connectivity index (χ0n) is 60.4. The summed E-state index contributed by atoms with van der Waals surface area (Å²) in [4.78, 5) is 91.7. The number of halogens is 1. The summed E-state index contributed by atoms with van der Waals surface area (Å²) in [7, 11) is -7.53. The Kier molecular flexibility index (Phi) is 26.8. The van der Waals surface area contributed by atoms with Crippen LogP contribution in [-0.4, -0.2) is 159 Å². The number of esters is 1. The van der Waals surface area contributed by atoms with Crippen LogP contribution in [0.25, 0.3) is 11.1 Å². The number of fused-ring (bicyclic) bond motifs is 1. The van der Waals surface area contributed by atoms with Crippen LogP contribution in [0.2, 0.25) is 0 Å². The molecule has 3 aliphatic rings. The molecule has 1 saturated carbocycles. The third-order valence-corrected chi connectivity index (χ3v) is 20.2. The number of aryl methyl sites for hydroxylation is 5. The standard InChI is InChI=1S/C23H32N2O4.C18H18N2O5S.C16H17N3O5S.C14H16ClN5O5S/c1-7-16-13-15(3)14-17(8-2)18(16)19-20(26)24-9-11-28-12-10-25(24)21(19)29-22(27)23(4,5)6;1-25-16-5-3-2-4-15(16)18(22)20-26(23,24)14-10-6-12(7-11-14)17(21)19-13-8-9-13;1-9-10(15(20)11-8-17-19(2)16(11)21)4-5-13(25(3,22)23)14(9)12-6-7-24-18-12;1-9-16-12(19-14(17-9)24-2)18-13(21)20-26(22,23)11-6-4-3-5-10(11)25-8-7-15/h13-14H,7-12H2,1-6H3;2-7,10-11,13H,8-9H2,1H3,(H,19,21)(H,20,22);4-5,8,21H,6-7H2,1-3H3;3-6H,7-8H2,1-2H3,(H2,16,17,18,19,20,21). The summed E-state index contributed by atoms with van der Waals surface area (Å²) in [6.07, 6.45) is 6.36. The van der Waals surface area contributed by atoms with Crippen molar-refractivity contribution in [3.05, 3.63) is 170 Å². The van der Waals surface area contributed by atoms with E-state index in [1.807, 2.05) is 30.2 Å². The average molecular weight is 1540 g/mol. The number of ketones is 1. The molecule has 0 atom stereocenters. The zero-order chi connectivity index (χ0) is 77.6. The highest BCUT2D eigenvalue weighted by Crippen LogP contribution is 2.37. The number of nitrogens with one attached hydrogen (secondary N) is 4. The minimum Gasteiger partial charge on any atom is -0.496 e. The van der Waals surface area contributed by atoms with Crippen molar-refractivity contribution in [3.8, 4) is 40.4 Å². The van der Waals surface area contributed by atoms with Gasteiger partial charge in [0.2, 0.25) is 17.7 Å². The fourth-order valence-electron chi connectivity index (χ4n) is 10.8. The van der Waals surface area contributed by atoms with E-state index in [0.29, 0.717) is 73.2 Å². The van der Waals surface area contributed by atoms with E-state index in [9.17, 15) is 59.1 Å². The lowest BCUT2D eigenvalue weighted by atomic mass is 9.91. The van der Waals surface area contributed by atoms with E-state index in [0.717, 1.165) is 48.6 Å². The number of nitrogens with zero attached hydrogens (tertiary/aromatic N) is 8. The molecule has 5 aromatic carbocycles. The lowest BCUT2D eigenvalue weighted by Crippen LogP contribution is -2.35. The summed E-state index contributed by atoms with van der Waals surface area (Å²) in [6, 6.07) is 23.8. The number of oxime groups is 1. The first-order chi connectivity index (χ1) is 50.2. The maximum Gasteiger partial charge on any atom is 0.335 e. The molecule has 8 aromatic rings. The van der Waals surface area contributed by atoms with Crippen molar-refractivity contribution in [1.29, 1.82) is 0 Å². The molecule has 2 aliphatic heterocycles. The minimum atomic E-state index is -4.20. The van der Waals surface area contributed by atoms with Gasteiger partial charge in [0.25, 0.3) is 37.4 Å². The van der Waals surface area contributed by atoms with Gasteiger partial charge in [-0.25, -0.2) is 53.5 Å². The van der Waals surface area contributed by atoms with Gasteiger partial charge in [0.1, 0.15) is 46.6 Å². The molecule has 566 valence electrons. The lowest BCUT2D eigenvalue weighted by Gasteiger charge is -2.19. The molecule has 4 amide bonds. The molecule has 5 heterocycles. The Hall–Kier alpha value is -10.6. The van der Waals surface area contributed by atoms with E-state index >= 15 is 0 Å². The number of rotatable bonds is 21. The molecule has 3 aromatic heterocycles. The molecule has 1 aliphatic carbocycles. The van der Waals surface area contributed by atoms with E-state index in [4.69, 9.17) is 40.1 Å². The van der Waals surface area contributed by atoms with Gasteiger partial charge >= 0.3 is 18.0 Å². The van der Waals surface area contributed by atoms with E-state index in [1.165, 1.54) is 98.4 Å². The number of hydrogen-bond donors (Lipinski definition) is 5. The number of sulfone groups is 1. The number of aromatic hydroxyl groups is 1. The van der Waals surface area contributed by atoms with E-state index in [2.05, 4.69) is 68.7 Å². The van der Waals surface area contributed by atoms with Gasteiger partial charge in [-0.1, -0.05) is 61.0 Å². The molecule has 0 radical (unpaired) electrons. The fourth-order valence-corrected chi connectivity index (χ4v) is 13.9. The predicted molar refractivity (Wildman–Crippen MR) is 391 cm³/mol. The molecule has 1 fully saturated rings. The molecule has 0 bridgehead atoms. The second kappa shape index (κ2) is 35.0. The molecule has 0 spiro atoms. The number of amides is 4. The number of sulfonamides is 2. The number of urea groups is 1. The Morgan fingerprint density at radius 1 is 0.717 bits per heavy atom. The van der Waals surface area contributed by atoms with Crippen LogP contribution in [0.5, 0.6) is 29.3 Å². The van der Waals surface area contributed by atoms with Crippen LogP contribution in [0.4, 0.5) is 10.7 Å². The number of hydrogen-bond acceptors (Lipinski definition) is 24. The van der Waals surface area contributed by atoms with Gasteiger partial charge in [-0.05, 0) is 150 Å². The first kappa shape index (κ1) is 81.1. The Morgan fingerprint density at radius 2 is 1.36 bits per heavy atom. The summed E-state index contributed by atoms with van der Waals surface area (Å²) in [5, 5.41) is 22.8. The number of methoxy groups -OCH3 is 2. The van der Waals surface area contributed by atoms with E-state index in [-0.39, 0.29) is 103 Å². The van der Waals surface area contributed by atoms with Crippen molar-refractivity contribution in [3.63, 3.8) is 0 Å². The van der Waals surface area contributed by atoms with E-state index < -0.39 is 53.0 Å². The third-order valence-electron chi connectivity index (χ3n) is 16.2. The first-order valence-corrected chi connectivity index (χ1v) is 38.6. The number of benzene rings is 5. The first-order valence-electron chi connectivity index (χ1n) is 33.2. The summed E-state index contributed by atoms with van der Waals surface area (Å²) < 4.78 is 109. The average Bonchev–Trinajstić information content (AvgIpc) is 1.56. The van der Waals surface area contributed by atoms with Crippen LogP contribution in [0.1, 0.15) is 124 Å². The highest BCUT2D eigenvalue weighted by Gasteiger charge is 2.34. The van der Waals surface area contributed by atoms with Crippen LogP contribution in [0.15, 0.2) is 128 Å². The monoisotopic (exact) mass is 1540 g/mol. The van der Waals surface area contributed by atoms with Crippen molar-refractivity contribution < 1.29 is 82.9 Å². The molecular formula is C71H83ClN12O19S3. The smallest absolute Gasteiger partial charge is 0.335 e. The number of alkyl halides is 1. The van der Waals surface area contributed by atoms with E-state index in [1.54, 1.807) is 47.5 Å². The van der Waals surface area contributed by atoms with Gasteiger partial charge in [-0.2, -0.15) is 20.1 Å². The molecule has 0 unspecified atom stereocenters. The van der Waals surface area contributed by atoms with Crippen molar-refractivity contribution in [2.24, 2.45) is 17.6 Å². The number of aromatic nitrogens is 7. The van der Waals surface area contributed by atoms with Crippen molar-refractivity contribution in [1.82, 2.24) is 48.9 Å². The van der Waals surface area contributed by atoms with Gasteiger partial charge in [0, 0.05) is 42.5 Å². The van der Waals surface area contributed by atoms with Crippen molar-refractivity contribution in [2.75, 3.05) is 58.1 Å². The number of para-hydroxylation sites is 2. The second-order valence-corrected chi connectivity index (χ2v) is 30.8. The van der Waals surface area contributed by atoms with Gasteiger partial charge < -0.3 is 38.9 Å². The SMILES string of the molecule is CCc1cc(C)cc(CC)c1-c1c(OC(=O)C(C)(C)C)n2n(c1=O)CCOCC2.COc1ccccc1C(=O)NS(=O)(=O)c1ccc(C(=O)NC2CC2)cc1.COc1nc(C)nc(NC(=O)NS(=O)(=O)c2ccccc2OCCCl)n1.Cc1c(C(=O)c2cnn(C)c2O)ccc(S(C)(=O)=O)c1C1=NOCC1. The Balaban J connectivity index is 0.000000179. The van der Waals surface area contributed by atoms with Crippen LogP contribution in [0, 0.1) is 26.2 Å². The number of ether oxygens (including phenoxy) is 5. The summed E-state index contributed by atoms with van der Waals surface area (Å²) in [5.41, 5.74) is 6.14. The Morgan fingerprint density at radius 3 is 1.93 bits per heavy atom. The quantitative estimate of drug-likeness (QED) is 0.0259. The van der Waals surface area contributed by atoms with Gasteiger partial charge in [-0.3, -0.25) is 29.3 Å². The second-order valence-electron chi connectivity index (χ2n) is 25.1. The van der Waals surface area contributed by atoms with Crippen LogP contribution >= 0.6 is 11.6 Å². The molecular weight excluding hydrogens is 1460 g/mol. The third kappa shape index (κ3) is 20.1. The van der Waals surface area contributed by atoms with Crippen LogP contribution in [-0.2, 0) is 77.2 Å². The minimum absolute atomic E-state index is 0.0181. The number of carbonyl (C=O) groups is 5. The van der Waals surface area contributed by atoms with Gasteiger partial charge in [0.15, 0.2) is 15.6 Å². The van der Waals surface area contributed by atoms with Crippen LogP contribution < -0.4 is 44.6 Å². The molecule has 5 N–H and O–H groups in total. The zero-order valence-corrected chi connectivity index (χ0v) is 63.6.